The lowest BCUT2D eigenvalue weighted by Crippen LogP contribution is -2.38. The Hall–Kier alpha value is -1.26. The molecule has 0 aliphatic carbocycles. The van der Waals surface area contributed by atoms with Crippen LogP contribution in [0.15, 0.2) is 0 Å². The zero-order chi connectivity index (χ0) is 10.8. The zero-order valence-corrected chi connectivity index (χ0v) is 8.58. The fourth-order valence-corrected chi connectivity index (χ4v) is 1.53. The summed E-state index contributed by atoms with van der Waals surface area (Å²) < 4.78 is 4.83. The summed E-state index contributed by atoms with van der Waals surface area (Å²) in [6.07, 6.45) is 0.249. The number of likely N-dealkylation sites (tertiary alicyclic amines) is 1. The number of primary amides is 1. The Morgan fingerprint density at radius 1 is 1.57 bits per heavy atom. The van der Waals surface area contributed by atoms with E-state index in [1.165, 1.54) is 4.90 Å². The van der Waals surface area contributed by atoms with Gasteiger partial charge in [-0.1, -0.05) is 0 Å². The second kappa shape index (κ2) is 3.86. The van der Waals surface area contributed by atoms with Crippen LogP contribution in [-0.2, 0) is 9.53 Å². The number of nitrogens with two attached hydrogens (primary N) is 1. The molecule has 0 spiro atoms. The number of rotatable bonds is 2. The van der Waals surface area contributed by atoms with E-state index in [9.17, 15) is 9.59 Å². The molecule has 2 amide bonds. The standard InChI is InChI=1S/C9H16N2O3/c1-3-14-8(13)11-5-4-9(2,6-11)7(10)12/h3-6H2,1-2H3,(H2,10,12). The van der Waals surface area contributed by atoms with Gasteiger partial charge in [0.25, 0.3) is 0 Å². The molecule has 2 N–H and O–H groups in total. The van der Waals surface area contributed by atoms with E-state index in [1.807, 2.05) is 0 Å². The first kappa shape index (κ1) is 10.8. The lowest BCUT2D eigenvalue weighted by atomic mass is 9.89. The summed E-state index contributed by atoms with van der Waals surface area (Å²) in [5.74, 6) is -0.357. The molecule has 1 saturated heterocycles. The van der Waals surface area contributed by atoms with Crippen LogP contribution in [0.25, 0.3) is 0 Å². The van der Waals surface area contributed by atoms with Crippen molar-refractivity contribution in [1.82, 2.24) is 4.90 Å². The summed E-state index contributed by atoms with van der Waals surface area (Å²) in [5, 5.41) is 0. The maximum Gasteiger partial charge on any atom is 0.409 e. The number of hydrogen-bond donors (Lipinski definition) is 1. The van der Waals surface area contributed by atoms with Gasteiger partial charge >= 0.3 is 6.09 Å². The highest BCUT2D eigenvalue weighted by atomic mass is 16.6. The molecule has 0 bridgehead atoms. The third-order valence-electron chi connectivity index (χ3n) is 2.59. The Morgan fingerprint density at radius 3 is 2.64 bits per heavy atom. The monoisotopic (exact) mass is 200 g/mol. The van der Waals surface area contributed by atoms with Gasteiger partial charge in [0, 0.05) is 13.1 Å². The summed E-state index contributed by atoms with van der Waals surface area (Å²) >= 11 is 0. The van der Waals surface area contributed by atoms with E-state index >= 15 is 0 Å². The molecule has 0 aromatic carbocycles. The Labute approximate surface area is 83.2 Å². The maximum absolute atomic E-state index is 11.3. The molecule has 1 aliphatic heterocycles. The van der Waals surface area contributed by atoms with Crippen LogP contribution in [0.1, 0.15) is 20.3 Å². The van der Waals surface area contributed by atoms with E-state index in [4.69, 9.17) is 10.5 Å². The molecule has 14 heavy (non-hydrogen) atoms. The topological polar surface area (TPSA) is 72.6 Å². The van der Waals surface area contributed by atoms with Gasteiger partial charge in [0.05, 0.1) is 12.0 Å². The van der Waals surface area contributed by atoms with Gasteiger partial charge in [0.2, 0.25) is 5.91 Å². The molecule has 1 atom stereocenters. The van der Waals surface area contributed by atoms with Crippen LogP contribution >= 0.6 is 0 Å². The van der Waals surface area contributed by atoms with Gasteiger partial charge in [-0.3, -0.25) is 4.79 Å². The summed E-state index contributed by atoms with van der Waals surface area (Å²) in [6, 6.07) is 0. The number of ether oxygens (including phenoxy) is 1. The van der Waals surface area contributed by atoms with Crippen molar-refractivity contribution in [2.24, 2.45) is 11.1 Å². The molecule has 1 fully saturated rings. The largest absolute Gasteiger partial charge is 0.450 e. The average Bonchev–Trinajstić information content (AvgIpc) is 2.50. The van der Waals surface area contributed by atoms with Crippen LogP contribution in [0.2, 0.25) is 0 Å². The van der Waals surface area contributed by atoms with Crippen LogP contribution in [0.5, 0.6) is 0 Å². The highest BCUT2D eigenvalue weighted by molar-refractivity contribution is 5.82. The molecule has 5 heteroatoms. The van der Waals surface area contributed by atoms with Crippen molar-refractivity contribution in [1.29, 1.82) is 0 Å². The molecular formula is C9H16N2O3. The smallest absolute Gasteiger partial charge is 0.409 e. The summed E-state index contributed by atoms with van der Waals surface area (Å²) in [6.45, 7) is 4.78. The van der Waals surface area contributed by atoms with Gasteiger partial charge in [-0.25, -0.2) is 4.79 Å². The fraction of sp³-hybridized carbons (Fsp3) is 0.778. The number of hydrogen-bond acceptors (Lipinski definition) is 3. The molecule has 1 unspecified atom stereocenters. The van der Waals surface area contributed by atoms with Gasteiger partial charge in [0.1, 0.15) is 0 Å². The summed E-state index contributed by atoms with van der Waals surface area (Å²) in [5.41, 5.74) is 4.66. The molecule has 0 aromatic rings. The quantitative estimate of drug-likeness (QED) is 0.698. The van der Waals surface area contributed by atoms with E-state index in [0.717, 1.165) is 0 Å². The summed E-state index contributed by atoms with van der Waals surface area (Å²) in [4.78, 5) is 23.9. The Bertz CT molecular complexity index is 254. The molecule has 80 valence electrons. The minimum absolute atomic E-state index is 0.350. The first-order valence-corrected chi connectivity index (χ1v) is 4.71. The van der Waals surface area contributed by atoms with E-state index in [1.54, 1.807) is 13.8 Å². The molecule has 5 nitrogen and oxygen atoms in total. The minimum Gasteiger partial charge on any atom is -0.450 e. The van der Waals surface area contributed by atoms with Crippen LogP contribution in [-0.4, -0.2) is 36.6 Å². The van der Waals surface area contributed by atoms with Gasteiger partial charge < -0.3 is 15.4 Å². The van der Waals surface area contributed by atoms with Crippen molar-refractivity contribution >= 4 is 12.0 Å². The van der Waals surface area contributed by atoms with E-state index in [2.05, 4.69) is 0 Å². The molecule has 0 saturated carbocycles. The maximum atomic E-state index is 11.3. The van der Waals surface area contributed by atoms with E-state index < -0.39 is 5.41 Å². The molecular weight excluding hydrogens is 184 g/mol. The Morgan fingerprint density at radius 2 is 2.21 bits per heavy atom. The first-order valence-electron chi connectivity index (χ1n) is 4.71. The van der Waals surface area contributed by atoms with Crippen molar-refractivity contribution < 1.29 is 14.3 Å². The minimum atomic E-state index is -0.591. The van der Waals surface area contributed by atoms with Gasteiger partial charge in [-0.15, -0.1) is 0 Å². The highest BCUT2D eigenvalue weighted by Crippen LogP contribution is 2.29. The SMILES string of the molecule is CCOC(=O)N1CCC(C)(C(N)=O)C1. The predicted molar refractivity (Wildman–Crippen MR) is 50.5 cm³/mol. The lowest BCUT2D eigenvalue weighted by Gasteiger charge is -2.20. The van der Waals surface area contributed by atoms with Crippen LogP contribution in [0, 0.1) is 5.41 Å². The predicted octanol–water partition coefficient (Wildman–Crippen LogP) is 0.340. The Kier molecular flexibility index (Phi) is 2.98. The Balaban J connectivity index is 2.56. The van der Waals surface area contributed by atoms with Crippen molar-refractivity contribution in [3.05, 3.63) is 0 Å². The van der Waals surface area contributed by atoms with Crippen molar-refractivity contribution in [2.45, 2.75) is 20.3 Å². The van der Waals surface area contributed by atoms with Crippen LogP contribution in [0.3, 0.4) is 0 Å². The third-order valence-corrected chi connectivity index (χ3v) is 2.59. The number of carbonyl (C=O) groups excluding carboxylic acids is 2. The van der Waals surface area contributed by atoms with Crippen molar-refractivity contribution in [3.63, 3.8) is 0 Å². The molecule has 1 heterocycles. The third kappa shape index (κ3) is 1.97. The molecule has 0 aromatic heterocycles. The second-order valence-electron chi connectivity index (χ2n) is 3.80. The zero-order valence-electron chi connectivity index (χ0n) is 8.58. The van der Waals surface area contributed by atoms with Crippen LogP contribution in [0.4, 0.5) is 4.79 Å². The molecule has 1 rings (SSSR count). The van der Waals surface area contributed by atoms with Crippen molar-refractivity contribution in [2.75, 3.05) is 19.7 Å². The van der Waals surface area contributed by atoms with Gasteiger partial charge in [-0.2, -0.15) is 0 Å². The fourth-order valence-electron chi connectivity index (χ4n) is 1.53. The highest BCUT2D eigenvalue weighted by Gasteiger charge is 2.41. The van der Waals surface area contributed by atoms with E-state index in [-0.39, 0.29) is 12.0 Å². The lowest BCUT2D eigenvalue weighted by molar-refractivity contribution is -0.126. The normalized spacial score (nSPS) is 26.3. The van der Waals surface area contributed by atoms with Gasteiger partial charge in [0.15, 0.2) is 0 Å². The number of nitrogens with zero attached hydrogens (tertiary/aromatic N) is 1. The first-order chi connectivity index (χ1) is 6.49. The number of amides is 2. The second-order valence-corrected chi connectivity index (χ2v) is 3.80. The van der Waals surface area contributed by atoms with Gasteiger partial charge in [-0.05, 0) is 20.3 Å². The number of carbonyl (C=O) groups is 2. The van der Waals surface area contributed by atoms with Crippen molar-refractivity contribution in [3.8, 4) is 0 Å². The van der Waals surface area contributed by atoms with E-state index in [0.29, 0.717) is 26.1 Å². The average molecular weight is 200 g/mol. The van der Waals surface area contributed by atoms with Crippen LogP contribution < -0.4 is 5.73 Å². The molecule has 0 radical (unpaired) electrons. The summed E-state index contributed by atoms with van der Waals surface area (Å²) in [7, 11) is 0. The molecule has 1 aliphatic rings.